The van der Waals surface area contributed by atoms with E-state index in [2.05, 4.69) is 36.0 Å². The fourth-order valence-electron chi connectivity index (χ4n) is 3.41. The summed E-state index contributed by atoms with van der Waals surface area (Å²) in [6.07, 6.45) is 3.40. The average molecular weight is 380 g/mol. The summed E-state index contributed by atoms with van der Waals surface area (Å²) in [6, 6.07) is 3.97. The summed E-state index contributed by atoms with van der Waals surface area (Å²) in [7, 11) is 0. The number of thioether (sulfide) groups is 1. The van der Waals surface area contributed by atoms with Crippen molar-refractivity contribution in [2.24, 2.45) is 17.8 Å². The summed E-state index contributed by atoms with van der Waals surface area (Å²) < 4.78 is 5.81. The fraction of sp³-hybridized carbons (Fsp3) is 0.611. The molecule has 2 aromatic rings. The number of aromatic nitrogens is 3. The highest BCUT2D eigenvalue weighted by Gasteiger charge is 2.33. The molecule has 1 aliphatic carbocycles. The molecule has 0 bridgehead atoms. The van der Waals surface area contributed by atoms with E-state index in [9.17, 15) is 4.79 Å². The molecule has 5 nitrogen and oxygen atoms in total. The van der Waals surface area contributed by atoms with Crippen molar-refractivity contribution in [2.45, 2.75) is 51.3 Å². The second kappa shape index (κ2) is 8.36. The Kier molecular flexibility index (Phi) is 6.17. The van der Waals surface area contributed by atoms with Crippen LogP contribution in [0.15, 0.2) is 22.7 Å². The molecule has 1 aliphatic rings. The van der Waals surface area contributed by atoms with Crippen molar-refractivity contribution in [3.63, 3.8) is 0 Å². The van der Waals surface area contributed by atoms with Gasteiger partial charge >= 0.3 is 5.97 Å². The third kappa shape index (κ3) is 4.85. The molecule has 7 heteroatoms. The van der Waals surface area contributed by atoms with Crippen molar-refractivity contribution in [1.29, 1.82) is 0 Å². The predicted molar refractivity (Wildman–Crippen MR) is 102 cm³/mol. The molecule has 3 rings (SSSR count). The Morgan fingerprint density at radius 1 is 1.48 bits per heavy atom. The van der Waals surface area contributed by atoms with Crippen LogP contribution in [0, 0.1) is 17.8 Å². The van der Waals surface area contributed by atoms with Gasteiger partial charge in [-0.2, -0.15) is 0 Å². The summed E-state index contributed by atoms with van der Waals surface area (Å²) in [4.78, 5) is 17.8. The number of carbonyl (C=O) groups is 1. The lowest BCUT2D eigenvalue weighted by Gasteiger charge is -2.36. The summed E-state index contributed by atoms with van der Waals surface area (Å²) in [5.74, 6) is 2.46. The number of thiophene rings is 1. The molecule has 1 fully saturated rings. The van der Waals surface area contributed by atoms with Crippen molar-refractivity contribution in [3.8, 4) is 10.7 Å². The topological polar surface area (TPSA) is 67.9 Å². The first kappa shape index (κ1) is 18.5. The maximum absolute atomic E-state index is 12.3. The number of hydrogen-bond donors (Lipinski definition) is 1. The Hall–Kier alpha value is -1.34. The Bertz CT molecular complexity index is 684. The van der Waals surface area contributed by atoms with E-state index in [4.69, 9.17) is 4.74 Å². The van der Waals surface area contributed by atoms with Crippen LogP contribution in [0.5, 0.6) is 0 Å². The standard InChI is InChI=1S/C18H25N3O2S2/c1-11(2)13-7-6-12(3)9-14(13)23-16(22)10-25-18-19-17(20-21-18)15-5-4-8-24-15/h4-5,8,11-14H,6-7,9-10H2,1-3H3,(H,19,20,21)/t12-,13+,14+/m0/s1. The molecule has 0 spiro atoms. The van der Waals surface area contributed by atoms with E-state index < -0.39 is 0 Å². The Labute approximate surface area is 157 Å². The molecule has 0 aromatic carbocycles. The van der Waals surface area contributed by atoms with Crippen molar-refractivity contribution < 1.29 is 9.53 Å². The van der Waals surface area contributed by atoms with Gasteiger partial charge in [0.2, 0.25) is 5.16 Å². The molecule has 25 heavy (non-hydrogen) atoms. The minimum Gasteiger partial charge on any atom is -0.461 e. The van der Waals surface area contributed by atoms with Gasteiger partial charge in [0.15, 0.2) is 5.82 Å². The van der Waals surface area contributed by atoms with Gasteiger partial charge in [-0.3, -0.25) is 9.89 Å². The minimum absolute atomic E-state index is 0.0469. The van der Waals surface area contributed by atoms with Crippen molar-refractivity contribution >= 4 is 29.1 Å². The zero-order valence-corrected chi connectivity index (χ0v) is 16.5. The molecule has 2 aromatic heterocycles. The van der Waals surface area contributed by atoms with Crippen LogP contribution >= 0.6 is 23.1 Å². The van der Waals surface area contributed by atoms with Crippen LogP contribution in [-0.2, 0) is 9.53 Å². The number of aromatic amines is 1. The maximum atomic E-state index is 12.3. The summed E-state index contributed by atoms with van der Waals surface area (Å²) in [5, 5.41) is 9.67. The van der Waals surface area contributed by atoms with Gasteiger partial charge in [0, 0.05) is 0 Å². The zero-order chi connectivity index (χ0) is 17.8. The van der Waals surface area contributed by atoms with E-state index in [0.717, 1.165) is 23.5 Å². The lowest BCUT2D eigenvalue weighted by Crippen LogP contribution is -2.36. The smallest absolute Gasteiger partial charge is 0.316 e. The number of hydrogen-bond acceptors (Lipinski definition) is 6. The SMILES string of the molecule is CC(C)[C@H]1CC[C@H](C)C[C@H]1OC(=O)CSc1n[nH]c(-c2cccs2)n1. The molecule has 0 unspecified atom stereocenters. The number of ether oxygens (including phenoxy) is 1. The summed E-state index contributed by atoms with van der Waals surface area (Å²) in [6.45, 7) is 6.68. The molecule has 0 radical (unpaired) electrons. The van der Waals surface area contributed by atoms with E-state index in [1.165, 1.54) is 18.2 Å². The Morgan fingerprint density at radius 3 is 3.04 bits per heavy atom. The molecule has 1 saturated carbocycles. The molecule has 3 atom stereocenters. The van der Waals surface area contributed by atoms with Gasteiger partial charge in [-0.25, -0.2) is 4.98 Å². The van der Waals surface area contributed by atoms with Crippen LogP contribution in [0.4, 0.5) is 0 Å². The second-order valence-electron chi connectivity index (χ2n) is 7.09. The van der Waals surface area contributed by atoms with Crippen molar-refractivity contribution in [2.75, 3.05) is 5.75 Å². The van der Waals surface area contributed by atoms with Gasteiger partial charge in [-0.05, 0) is 42.0 Å². The Balaban J connectivity index is 1.52. The molecule has 136 valence electrons. The highest BCUT2D eigenvalue weighted by molar-refractivity contribution is 7.99. The molecule has 1 N–H and O–H groups in total. The number of esters is 1. The third-order valence-electron chi connectivity index (χ3n) is 4.78. The molecule has 0 saturated heterocycles. The lowest BCUT2D eigenvalue weighted by molar-refractivity contribution is -0.152. The van der Waals surface area contributed by atoms with Crippen LogP contribution in [-0.4, -0.2) is 33.0 Å². The first-order chi connectivity index (χ1) is 12.0. The van der Waals surface area contributed by atoms with Crippen molar-refractivity contribution in [1.82, 2.24) is 15.2 Å². The summed E-state index contributed by atoms with van der Waals surface area (Å²) >= 11 is 2.93. The van der Waals surface area contributed by atoms with Crippen molar-refractivity contribution in [3.05, 3.63) is 17.5 Å². The fourth-order valence-corrected chi connectivity index (χ4v) is 4.66. The highest BCUT2D eigenvalue weighted by Crippen LogP contribution is 2.35. The number of nitrogens with one attached hydrogen (secondary N) is 1. The number of nitrogens with zero attached hydrogens (tertiary/aromatic N) is 2. The van der Waals surface area contributed by atoms with E-state index >= 15 is 0 Å². The third-order valence-corrected chi connectivity index (χ3v) is 6.48. The second-order valence-corrected chi connectivity index (χ2v) is 8.98. The van der Waals surface area contributed by atoms with Gasteiger partial charge < -0.3 is 4.74 Å². The maximum Gasteiger partial charge on any atom is 0.316 e. The zero-order valence-electron chi connectivity index (χ0n) is 14.9. The monoisotopic (exact) mass is 379 g/mol. The van der Waals surface area contributed by atoms with Gasteiger partial charge in [-0.15, -0.1) is 16.4 Å². The predicted octanol–water partition coefficient (Wildman–Crippen LogP) is 4.63. The van der Waals surface area contributed by atoms with Gasteiger partial charge in [0.25, 0.3) is 0 Å². The molecule has 0 aliphatic heterocycles. The molecule has 0 amide bonds. The number of H-pyrrole nitrogens is 1. The van der Waals surface area contributed by atoms with E-state index in [1.54, 1.807) is 11.3 Å². The van der Waals surface area contributed by atoms with Gasteiger partial charge in [0.1, 0.15) is 6.10 Å². The normalized spacial score (nSPS) is 23.8. The first-order valence-corrected chi connectivity index (χ1v) is 10.7. The van der Waals surface area contributed by atoms with Crippen LogP contribution in [0.25, 0.3) is 10.7 Å². The largest absolute Gasteiger partial charge is 0.461 e. The van der Waals surface area contributed by atoms with E-state index in [-0.39, 0.29) is 17.8 Å². The van der Waals surface area contributed by atoms with Crippen LogP contribution in [0.1, 0.15) is 40.0 Å². The number of rotatable bonds is 6. The Morgan fingerprint density at radius 2 is 2.32 bits per heavy atom. The van der Waals surface area contributed by atoms with Crippen LogP contribution in [0.2, 0.25) is 0 Å². The summed E-state index contributed by atoms with van der Waals surface area (Å²) in [5.41, 5.74) is 0. The molecular formula is C18H25N3O2S2. The minimum atomic E-state index is -0.169. The van der Waals surface area contributed by atoms with Gasteiger partial charge in [-0.1, -0.05) is 45.0 Å². The first-order valence-electron chi connectivity index (χ1n) is 8.81. The van der Waals surface area contributed by atoms with Crippen LogP contribution in [0.3, 0.4) is 0 Å². The molecule has 2 heterocycles. The van der Waals surface area contributed by atoms with E-state index in [0.29, 0.717) is 22.9 Å². The van der Waals surface area contributed by atoms with E-state index in [1.807, 2.05) is 17.5 Å². The number of carbonyl (C=O) groups excluding carboxylic acids is 1. The van der Waals surface area contributed by atoms with Crippen LogP contribution < -0.4 is 0 Å². The lowest BCUT2D eigenvalue weighted by atomic mass is 9.75. The molecular weight excluding hydrogens is 354 g/mol. The quantitative estimate of drug-likeness (QED) is 0.585. The van der Waals surface area contributed by atoms with Gasteiger partial charge in [0.05, 0.1) is 10.6 Å². The highest BCUT2D eigenvalue weighted by atomic mass is 32.2. The average Bonchev–Trinajstić information content (AvgIpc) is 3.24.